The van der Waals surface area contributed by atoms with Crippen LogP contribution in [-0.4, -0.2) is 35.4 Å². The molecule has 1 saturated heterocycles. The van der Waals surface area contributed by atoms with Crippen molar-refractivity contribution in [2.75, 3.05) is 12.3 Å². The van der Waals surface area contributed by atoms with Gasteiger partial charge in [0, 0.05) is 12.2 Å². The van der Waals surface area contributed by atoms with Crippen molar-refractivity contribution >= 4 is 11.8 Å². The smallest absolute Gasteiger partial charge is 0.410 e. The SMILES string of the molecule is CC(C)(C)OC(=O)N1CCCC(F)C1Cc1ccc(N)cc1. The molecule has 1 aromatic rings. The van der Waals surface area contributed by atoms with Crippen LogP contribution in [0, 0.1) is 0 Å². The van der Waals surface area contributed by atoms with Crippen LogP contribution in [-0.2, 0) is 11.2 Å². The number of hydrogen-bond donors (Lipinski definition) is 1. The van der Waals surface area contributed by atoms with Crippen LogP contribution < -0.4 is 5.73 Å². The van der Waals surface area contributed by atoms with Crippen LogP contribution in [0.5, 0.6) is 0 Å². The molecule has 0 spiro atoms. The number of hydrogen-bond acceptors (Lipinski definition) is 3. The molecule has 2 atom stereocenters. The van der Waals surface area contributed by atoms with Crippen molar-refractivity contribution in [3.8, 4) is 0 Å². The van der Waals surface area contributed by atoms with Gasteiger partial charge in [0.25, 0.3) is 0 Å². The molecule has 1 aliphatic rings. The third-order valence-electron chi connectivity index (χ3n) is 3.75. The number of benzene rings is 1. The van der Waals surface area contributed by atoms with Crippen molar-refractivity contribution < 1.29 is 13.9 Å². The van der Waals surface area contributed by atoms with E-state index in [2.05, 4.69) is 0 Å². The maximum atomic E-state index is 14.4. The van der Waals surface area contributed by atoms with Gasteiger partial charge in [-0.2, -0.15) is 0 Å². The zero-order valence-corrected chi connectivity index (χ0v) is 13.5. The maximum Gasteiger partial charge on any atom is 0.410 e. The molecule has 1 amide bonds. The van der Waals surface area contributed by atoms with Crippen molar-refractivity contribution in [2.45, 2.75) is 57.8 Å². The third-order valence-corrected chi connectivity index (χ3v) is 3.75. The lowest BCUT2D eigenvalue weighted by atomic mass is 9.94. The number of carbonyl (C=O) groups excluding carboxylic acids is 1. The maximum absolute atomic E-state index is 14.4. The molecule has 4 nitrogen and oxygen atoms in total. The average molecular weight is 308 g/mol. The Labute approximate surface area is 131 Å². The van der Waals surface area contributed by atoms with E-state index in [0.717, 1.165) is 5.56 Å². The highest BCUT2D eigenvalue weighted by Gasteiger charge is 2.36. The normalized spacial score (nSPS) is 22.5. The molecule has 5 heteroatoms. The number of ether oxygens (including phenoxy) is 1. The quantitative estimate of drug-likeness (QED) is 0.850. The minimum atomic E-state index is -1.03. The van der Waals surface area contributed by atoms with Crippen LogP contribution in [0.15, 0.2) is 24.3 Å². The van der Waals surface area contributed by atoms with Crippen LogP contribution >= 0.6 is 0 Å². The van der Waals surface area contributed by atoms with Gasteiger partial charge in [-0.25, -0.2) is 9.18 Å². The largest absolute Gasteiger partial charge is 0.444 e. The summed E-state index contributed by atoms with van der Waals surface area (Å²) in [6.07, 6.45) is 0.160. The second-order valence-corrected chi connectivity index (χ2v) is 6.85. The lowest BCUT2D eigenvalue weighted by Crippen LogP contribution is -2.52. The molecule has 0 bridgehead atoms. The molecule has 1 aliphatic heterocycles. The van der Waals surface area contributed by atoms with Crippen molar-refractivity contribution in [3.05, 3.63) is 29.8 Å². The second-order valence-electron chi connectivity index (χ2n) is 6.85. The van der Waals surface area contributed by atoms with Gasteiger partial charge in [-0.15, -0.1) is 0 Å². The number of piperidine rings is 1. The molecule has 0 aliphatic carbocycles. The first kappa shape index (κ1) is 16.6. The number of amides is 1. The van der Waals surface area contributed by atoms with Gasteiger partial charge in [-0.1, -0.05) is 12.1 Å². The predicted molar refractivity (Wildman–Crippen MR) is 85.4 cm³/mol. The van der Waals surface area contributed by atoms with E-state index in [4.69, 9.17) is 10.5 Å². The minimum absolute atomic E-state index is 0.435. The molecular formula is C17H25FN2O2. The highest BCUT2D eigenvalue weighted by Crippen LogP contribution is 2.26. The van der Waals surface area contributed by atoms with E-state index in [1.165, 1.54) is 4.90 Å². The van der Waals surface area contributed by atoms with Gasteiger partial charge in [-0.3, -0.25) is 0 Å². The third kappa shape index (κ3) is 4.36. The number of carbonyl (C=O) groups is 1. The number of likely N-dealkylation sites (tertiary alicyclic amines) is 1. The molecule has 1 fully saturated rings. The monoisotopic (exact) mass is 308 g/mol. The Morgan fingerprint density at radius 1 is 1.36 bits per heavy atom. The van der Waals surface area contributed by atoms with E-state index in [1.807, 2.05) is 32.9 Å². The van der Waals surface area contributed by atoms with E-state index >= 15 is 0 Å². The molecule has 2 rings (SSSR count). The van der Waals surface area contributed by atoms with Gasteiger partial charge in [0.05, 0.1) is 6.04 Å². The molecule has 2 N–H and O–H groups in total. The summed E-state index contributed by atoms with van der Waals surface area (Å²) in [7, 11) is 0. The van der Waals surface area contributed by atoms with Crippen molar-refractivity contribution in [3.63, 3.8) is 0 Å². The van der Waals surface area contributed by atoms with Gasteiger partial charge in [0.1, 0.15) is 11.8 Å². The fourth-order valence-corrected chi connectivity index (χ4v) is 2.69. The first-order chi connectivity index (χ1) is 10.3. The van der Waals surface area contributed by atoms with Gasteiger partial charge in [0.2, 0.25) is 0 Å². The van der Waals surface area contributed by atoms with E-state index in [9.17, 15) is 9.18 Å². The van der Waals surface area contributed by atoms with Crippen LogP contribution in [0.3, 0.4) is 0 Å². The summed E-state index contributed by atoms with van der Waals surface area (Å²) in [4.78, 5) is 13.9. The topological polar surface area (TPSA) is 55.6 Å². The lowest BCUT2D eigenvalue weighted by molar-refractivity contribution is -0.00497. The lowest BCUT2D eigenvalue weighted by Gasteiger charge is -2.38. The van der Waals surface area contributed by atoms with Crippen LogP contribution in [0.1, 0.15) is 39.2 Å². The van der Waals surface area contributed by atoms with Crippen LogP contribution in [0.25, 0.3) is 0 Å². The summed E-state index contributed by atoms with van der Waals surface area (Å²) >= 11 is 0. The number of alkyl halides is 1. The van der Waals surface area contributed by atoms with Gasteiger partial charge in [0.15, 0.2) is 0 Å². The van der Waals surface area contributed by atoms with Crippen molar-refractivity contribution in [2.24, 2.45) is 0 Å². The number of nitrogens with zero attached hydrogens (tertiary/aromatic N) is 1. The molecular weight excluding hydrogens is 283 g/mol. The molecule has 0 aromatic heterocycles. The van der Waals surface area contributed by atoms with Gasteiger partial charge in [-0.05, 0) is 57.7 Å². The first-order valence-corrected chi connectivity index (χ1v) is 7.74. The average Bonchev–Trinajstić information content (AvgIpc) is 2.41. The Bertz CT molecular complexity index is 510. The van der Waals surface area contributed by atoms with Crippen LogP contribution in [0.4, 0.5) is 14.9 Å². The molecule has 0 saturated carbocycles. The Morgan fingerprint density at radius 3 is 2.59 bits per heavy atom. The number of nitrogens with two attached hydrogens (primary N) is 1. The van der Waals surface area contributed by atoms with Crippen molar-refractivity contribution in [1.29, 1.82) is 0 Å². The van der Waals surface area contributed by atoms with E-state index < -0.39 is 23.9 Å². The van der Waals surface area contributed by atoms with E-state index in [0.29, 0.717) is 31.5 Å². The zero-order valence-electron chi connectivity index (χ0n) is 13.5. The summed E-state index contributed by atoms with van der Waals surface area (Å²) in [5, 5.41) is 0. The molecule has 1 aromatic carbocycles. The van der Waals surface area contributed by atoms with E-state index in [1.54, 1.807) is 12.1 Å². The highest BCUT2D eigenvalue weighted by atomic mass is 19.1. The number of anilines is 1. The molecule has 0 radical (unpaired) electrons. The Hall–Kier alpha value is -1.78. The molecule has 2 unspecified atom stereocenters. The summed E-state index contributed by atoms with van der Waals surface area (Å²) in [6, 6.07) is 6.87. The summed E-state index contributed by atoms with van der Waals surface area (Å²) < 4.78 is 19.8. The van der Waals surface area contributed by atoms with E-state index in [-0.39, 0.29) is 0 Å². The Morgan fingerprint density at radius 2 is 2.00 bits per heavy atom. The first-order valence-electron chi connectivity index (χ1n) is 7.74. The Kier molecular flexibility index (Phi) is 4.94. The van der Waals surface area contributed by atoms with Crippen LogP contribution in [0.2, 0.25) is 0 Å². The Balaban J connectivity index is 2.12. The number of rotatable bonds is 2. The highest BCUT2D eigenvalue weighted by molar-refractivity contribution is 5.69. The summed E-state index contributed by atoms with van der Waals surface area (Å²) in [6.45, 7) is 5.99. The second kappa shape index (κ2) is 6.55. The minimum Gasteiger partial charge on any atom is -0.444 e. The summed E-state index contributed by atoms with van der Waals surface area (Å²) in [5.74, 6) is 0. The fourth-order valence-electron chi connectivity index (χ4n) is 2.69. The predicted octanol–water partition coefficient (Wildman–Crippen LogP) is 3.55. The number of halogens is 1. The van der Waals surface area contributed by atoms with Gasteiger partial charge < -0.3 is 15.4 Å². The van der Waals surface area contributed by atoms with Gasteiger partial charge >= 0.3 is 6.09 Å². The number of nitrogen functional groups attached to an aromatic ring is 1. The van der Waals surface area contributed by atoms with Crippen molar-refractivity contribution in [1.82, 2.24) is 4.90 Å². The summed E-state index contributed by atoms with van der Waals surface area (Å²) in [5.41, 5.74) is 6.74. The molecule has 22 heavy (non-hydrogen) atoms. The molecule has 122 valence electrons. The standard InChI is InChI=1S/C17H25FN2O2/c1-17(2,3)22-16(21)20-10-4-5-14(18)15(20)11-12-6-8-13(19)9-7-12/h6-9,14-15H,4-5,10-11,19H2,1-3H3. The molecule has 1 heterocycles. The fraction of sp³-hybridized carbons (Fsp3) is 0.588. The zero-order chi connectivity index (χ0) is 16.3.